The van der Waals surface area contributed by atoms with Gasteiger partial charge in [0, 0.05) is 6.16 Å². The number of hydrogen-bond donors (Lipinski definition) is 0. The highest BCUT2D eigenvalue weighted by molar-refractivity contribution is 7.16. The molecule has 1 aliphatic rings. The molecule has 0 N–H and O–H groups in total. The maximum Gasteiger partial charge on any atom is 0.161 e. The van der Waals surface area contributed by atoms with Gasteiger partial charge in [-0.1, -0.05) is 0 Å². The van der Waals surface area contributed by atoms with Crippen LogP contribution in [0, 0.1) is 0 Å². The molecule has 0 amide bonds. The molecule has 0 saturated carbocycles. The fraction of sp³-hybridized carbons (Fsp3) is 1.00. The Labute approximate surface area is 45.4 Å². The first-order valence-electron chi connectivity index (χ1n) is 2.37. The molecule has 0 spiro atoms. The van der Waals surface area contributed by atoms with E-state index in [1.165, 1.54) is 0 Å². The third kappa shape index (κ3) is 1.37. The Kier molecular flexibility index (Phi) is 2.04. The smallest absolute Gasteiger partial charge is 0.161 e. The summed E-state index contributed by atoms with van der Waals surface area (Å²) in [5.74, 6) is 0. The molecule has 7 heavy (non-hydrogen) atoms. The summed E-state index contributed by atoms with van der Waals surface area (Å²) in [4.78, 5) is 0. The van der Waals surface area contributed by atoms with Gasteiger partial charge in [-0.25, -0.2) is 0 Å². The van der Waals surface area contributed by atoms with Crippen LogP contribution in [0.25, 0.3) is 0 Å². The Balaban J connectivity index is 2.14. The summed E-state index contributed by atoms with van der Waals surface area (Å²) in [7, 11) is 2.57. The van der Waals surface area contributed by atoms with Gasteiger partial charge in [0.25, 0.3) is 0 Å². The van der Waals surface area contributed by atoms with Crippen molar-refractivity contribution in [3.8, 4) is 0 Å². The highest BCUT2D eigenvalue weighted by atomic mass is 31.0. The number of ether oxygens (including phenoxy) is 2. The molecule has 1 saturated heterocycles. The molecule has 1 unspecified atom stereocenters. The average Bonchev–Trinajstić information content (AvgIpc) is 2.14. The summed E-state index contributed by atoms with van der Waals surface area (Å²) in [5.41, 5.74) is 0. The highest BCUT2D eigenvalue weighted by Crippen LogP contribution is 2.05. The zero-order valence-electron chi connectivity index (χ0n) is 4.09. The van der Waals surface area contributed by atoms with Gasteiger partial charge in [0.15, 0.2) is 6.29 Å². The molecule has 0 aromatic rings. The minimum absolute atomic E-state index is 0.0602. The summed E-state index contributed by atoms with van der Waals surface area (Å²) in [6.07, 6.45) is 0.949. The lowest BCUT2D eigenvalue weighted by Gasteiger charge is -2.01. The SMILES string of the molecule is PCC1OCCO1. The first kappa shape index (κ1) is 5.49. The molecule has 1 rings (SSSR count). The van der Waals surface area contributed by atoms with Crippen LogP contribution >= 0.6 is 9.24 Å². The fourth-order valence-corrected chi connectivity index (χ4v) is 0.815. The molecule has 0 aliphatic carbocycles. The maximum atomic E-state index is 5.06. The van der Waals surface area contributed by atoms with E-state index in [0.717, 1.165) is 19.4 Å². The molecular formula is C4H9O2P. The average molecular weight is 120 g/mol. The van der Waals surface area contributed by atoms with Crippen molar-refractivity contribution in [3.63, 3.8) is 0 Å². The second-order valence-electron chi connectivity index (χ2n) is 1.41. The summed E-state index contributed by atoms with van der Waals surface area (Å²) < 4.78 is 10.1. The summed E-state index contributed by atoms with van der Waals surface area (Å²) in [6.45, 7) is 1.53. The van der Waals surface area contributed by atoms with E-state index in [-0.39, 0.29) is 6.29 Å². The van der Waals surface area contributed by atoms with Crippen molar-refractivity contribution in [1.82, 2.24) is 0 Å². The van der Waals surface area contributed by atoms with Crippen molar-refractivity contribution in [2.24, 2.45) is 0 Å². The van der Waals surface area contributed by atoms with Gasteiger partial charge in [0.2, 0.25) is 0 Å². The van der Waals surface area contributed by atoms with E-state index in [9.17, 15) is 0 Å². The molecule has 0 radical (unpaired) electrons. The largest absolute Gasteiger partial charge is 0.350 e. The van der Waals surface area contributed by atoms with Crippen LogP contribution in [0.2, 0.25) is 0 Å². The van der Waals surface area contributed by atoms with E-state index in [1.807, 2.05) is 0 Å². The zero-order valence-corrected chi connectivity index (χ0v) is 5.25. The normalized spacial score (nSPS) is 23.6. The van der Waals surface area contributed by atoms with Crippen LogP contribution in [0.1, 0.15) is 0 Å². The first-order valence-corrected chi connectivity index (χ1v) is 3.18. The molecular weight excluding hydrogens is 111 g/mol. The van der Waals surface area contributed by atoms with Gasteiger partial charge in [-0.3, -0.25) is 0 Å². The van der Waals surface area contributed by atoms with Crippen molar-refractivity contribution in [2.75, 3.05) is 19.4 Å². The standard InChI is InChI=1S/C4H9O2P/c7-3-4-5-1-2-6-4/h4H,1-3,7H2. The predicted molar refractivity (Wildman–Crippen MR) is 30.3 cm³/mol. The lowest BCUT2D eigenvalue weighted by Crippen LogP contribution is -2.07. The zero-order chi connectivity index (χ0) is 5.11. The Bertz CT molecular complexity index is 51.7. The third-order valence-electron chi connectivity index (χ3n) is 0.883. The van der Waals surface area contributed by atoms with Crippen LogP contribution < -0.4 is 0 Å². The van der Waals surface area contributed by atoms with Crippen molar-refractivity contribution in [2.45, 2.75) is 6.29 Å². The lowest BCUT2D eigenvalue weighted by atomic mass is 10.8. The molecule has 0 bridgehead atoms. The molecule has 0 aromatic carbocycles. The quantitative estimate of drug-likeness (QED) is 0.461. The van der Waals surface area contributed by atoms with E-state index in [0.29, 0.717) is 0 Å². The molecule has 3 heteroatoms. The summed E-state index contributed by atoms with van der Waals surface area (Å²) in [6, 6.07) is 0. The molecule has 1 fully saturated rings. The van der Waals surface area contributed by atoms with Gasteiger partial charge < -0.3 is 9.47 Å². The van der Waals surface area contributed by atoms with Crippen molar-refractivity contribution < 1.29 is 9.47 Å². The van der Waals surface area contributed by atoms with E-state index in [4.69, 9.17) is 9.47 Å². The van der Waals surface area contributed by atoms with Gasteiger partial charge in [0.05, 0.1) is 13.2 Å². The minimum atomic E-state index is 0.0602. The van der Waals surface area contributed by atoms with Crippen LogP contribution in [0.5, 0.6) is 0 Å². The molecule has 1 heterocycles. The number of rotatable bonds is 1. The van der Waals surface area contributed by atoms with Gasteiger partial charge in [-0.05, 0) is 0 Å². The van der Waals surface area contributed by atoms with Crippen LogP contribution in [-0.2, 0) is 9.47 Å². The topological polar surface area (TPSA) is 18.5 Å². The van der Waals surface area contributed by atoms with Crippen molar-refractivity contribution in [3.05, 3.63) is 0 Å². The maximum absolute atomic E-state index is 5.06. The predicted octanol–water partition coefficient (Wildman–Crippen LogP) is 0.234. The van der Waals surface area contributed by atoms with Gasteiger partial charge in [0.1, 0.15) is 0 Å². The summed E-state index contributed by atoms with van der Waals surface area (Å²) >= 11 is 0. The Morgan fingerprint density at radius 1 is 1.43 bits per heavy atom. The van der Waals surface area contributed by atoms with Crippen LogP contribution in [0.15, 0.2) is 0 Å². The Morgan fingerprint density at radius 3 is 2.29 bits per heavy atom. The number of hydrogen-bond acceptors (Lipinski definition) is 2. The van der Waals surface area contributed by atoms with E-state index in [1.54, 1.807) is 0 Å². The minimum Gasteiger partial charge on any atom is -0.350 e. The third-order valence-corrected chi connectivity index (χ3v) is 1.27. The molecule has 1 aliphatic heterocycles. The van der Waals surface area contributed by atoms with Gasteiger partial charge in [-0.15, -0.1) is 9.24 Å². The Hall–Kier alpha value is 0.350. The molecule has 0 aromatic heterocycles. The van der Waals surface area contributed by atoms with E-state index in [2.05, 4.69) is 9.24 Å². The molecule has 2 nitrogen and oxygen atoms in total. The van der Waals surface area contributed by atoms with Gasteiger partial charge in [-0.2, -0.15) is 0 Å². The van der Waals surface area contributed by atoms with Gasteiger partial charge >= 0.3 is 0 Å². The molecule has 42 valence electrons. The van der Waals surface area contributed by atoms with E-state index >= 15 is 0 Å². The van der Waals surface area contributed by atoms with Crippen molar-refractivity contribution >= 4 is 9.24 Å². The summed E-state index contributed by atoms with van der Waals surface area (Å²) in [5, 5.41) is 0. The monoisotopic (exact) mass is 120 g/mol. The lowest BCUT2D eigenvalue weighted by molar-refractivity contribution is -0.0216. The Morgan fingerprint density at radius 2 is 2.00 bits per heavy atom. The second kappa shape index (κ2) is 2.61. The molecule has 1 atom stereocenters. The van der Waals surface area contributed by atoms with Crippen molar-refractivity contribution in [1.29, 1.82) is 0 Å². The first-order chi connectivity index (χ1) is 3.43. The van der Waals surface area contributed by atoms with E-state index < -0.39 is 0 Å². The van der Waals surface area contributed by atoms with Crippen LogP contribution in [-0.4, -0.2) is 25.7 Å². The van der Waals surface area contributed by atoms with Crippen LogP contribution in [0.4, 0.5) is 0 Å². The highest BCUT2D eigenvalue weighted by Gasteiger charge is 2.11. The second-order valence-corrected chi connectivity index (χ2v) is 1.88. The fourth-order valence-electron chi connectivity index (χ4n) is 0.543. The van der Waals surface area contributed by atoms with Crippen LogP contribution in [0.3, 0.4) is 0 Å².